The number of hydrogen-bond acceptors (Lipinski definition) is 3. The summed E-state index contributed by atoms with van der Waals surface area (Å²) in [6, 6.07) is 4.52. The molecule has 1 aromatic carbocycles. The molecule has 0 aliphatic heterocycles. The molecule has 2 N–H and O–H groups in total. The molecule has 100 valence electrons. The van der Waals surface area contributed by atoms with Gasteiger partial charge in [-0.15, -0.1) is 11.6 Å². The monoisotopic (exact) mass is 335 g/mol. The lowest BCUT2D eigenvalue weighted by atomic mass is 10.1. The Kier molecular flexibility index (Phi) is 6.46. The topological polar surface area (TPSA) is 58.6 Å². The summed E-state index contributed by atoms with van der Waals surface area (Å²) < 4.78 is 5.73. The van der Waals surface area contributed by atoms with Gasteiger partial charge in [-0.3, -0.25) is 4.79 Å². The molecule has 0 aliphatic carbocycles. The molecule has 0 bridgehead atoms. The zero-order valence-corrected chi connectivity index (χ0v) is 12.3. The molecule has 1 amide bonds. The van der Waals surface area contributed by atoms with E-state index in [0.717, 1.165) is 4.47 Å². The summed E-state index contributed by atoms with van der Waals surface area (Å²) in [5.41, 5.74) is 0.222. The van der Waals surface area contributed by atoms with Gasteiger partial charge in [-0.2, -0.15) is 0 Å². The molecule has 1 unspecified atom stereocenters. The number of phenolic OH excluding ortho intramolecular Hbond substituents is 1. The minimum absolute atomic E-state index is 0.0576. The molecule has 1 atom stereocenters. The molecule has 0 radical (unpaired) electrons. The van der Waals surface area contributed by atoms with E-state index >= 15 is 0 Å². The van der Waals surface area contributed by atoms with E-state index < -0.39 is 0 Å². The molecular formula is C12H15BrClNO3. The van der Waals surface area contributed by atoms with Crippen molar-refractivity contribution in [2.45, 2.75) is 12.5 Å². The summed E-state index contributed by atoms with van der Waals surface area (Å²) >= 11 is 8.91. The maximum Gasteiger partial charge on any atom is 0.255 e. The predicted octanol–water partition coefficient (Wildman–Crippen LogP) is 2.53. The Labute approximate surface area is 119 Å². The molecule has 0 saturated heterocycles. The SMILES string of the molecule is COCC(CCCl)NC(=O)c1cc(Br)ccc1O. The number of rotatable bonds is 6. The second-order valence-corrected chi connectivity index (χ2v) is 5.06. The van der Waals surface area contributed by atoms with Crippen LogP contribution in [0.4, 0.5) is 0 Å². The molecule has 6 heteroatoms. The van der Waals surface area contributed by atoms with Gasteiger partial charge in [-0.25, -0.2) is 0 Å². The van der Waals surface area contributed by atoms with Gasteiger partial charge in [-0.1, -0.05) is 15.9 Å². The molecule has 0 aliphatic rings. The largest absolute Gasteiger partial charge is 0.507 e. The van der Waals surface area contributed by atoms with E-state index in [1.54, 1.807) is 19.2 Å². The van der Waals surface area contributed by atoms with Crippen molar-refractivity contribution in [2.75, 3.05) is 19.6 Å². The summed E-state index contributed by atoms with van der Waals surface area (Å²) in [4.78, 5) is 12.0. The number of benzene rings is 1. The number of hydrogen-bond donors (Lipinski definition) is 2. The van der Waals surface area contributed by atoms with Crippen LogP contribution in [0.3, 0.4) is 0 Å². The van der Waals surface area contributed by atoms with Crippen LogP contribution in [0.1, 0.15) is 16.8 Å². The first-order valence-electron chi connectivity index (χ1n) is 5.42. The zero-order chi connectivity index (χ0) is 13.5. The van der Waals surface area contributed by atoms with Crippen LogP contribution in [0.25, 0.3) is 0 Å². The Balaban J connectivity index is 2.76. The summed E-state index contributed by atoms with van der Waals surface area (Å²) in [5.74, 6) is 0.0254. The summed E-state index contributed by atoms with van der Waals surface area (Å²) in [5, 5.41) is 12.4. The summed E-state index contributed by atoms with van der Waals surface area (Å²) in [7, 11) is 1.56. The molecule has 1 aromatic rings. The average Bonchev–Trinajstić information content (AvgIpc) is 2.33. The Bertz CT molecular complexity index is 408. The highest BCUT2D eigenvalue weighted by Gasteiger charge is 2.16. The molecule has 0 spiro atoms. The maximum atomic E-state index is 12.0. The van der Waals surface area contributed by atoms with Crippen LogP contribution < -0.4 is 5.32 Å². The highest BCUT2D eigenvalue weighted by atomic mass is 79.9. The first kappa shape index (κ1) is 15.3. The Morgan fingerprint density at radius 1 is 1.61 bits per heavy atom. The number of alkyl halides is 1. The van der Waals surface area contributed by atoms with Gasteiger partial charge in [-0.05, 0) is 24.6 Å². The molecule has 0 heterocycles. The molecule has 0 fully saturated rings. The lowest BCUT2D eigenvalue weighted by Gasteiger charge is -2.17. The standard InChI is InChI=1S/C12H15BrClNO3/c1-18-7-9(4-5-14)15-12(17)10-6-8(13)2-3-11(10)16/h2-3,6,9,16H,4-5,7H2,1H3,(H,15,17). The van der Waals surface area contributed by atoms with Crippen molar-refractivity contribution < 1.29 is 14.6 Å². The molecule has 1 rings (SSSR count). The lowest BCUT2D eigenvalue weighted by Crippen LogP contribution is -2.38. The van der Waals surface area contributed by atoms with E-state index in [0.29, 0.717) is 18.9 Å². The van der Waals surface area contributed by atoms with Gasteiger partial charge < -0.3 is 15.2 Å². The van der Waals surface area contributed by atoms with E-state index in [1.807, 2.05) is 0 Å². The van der Waals surface area contributed by atoms with Gasteiger partial charge in [0.25, 0.3) is 5.91 Å². The molecule has 0 aromatic heterocycles. The van der Waals surface area contributed by atoms with Gasteiger partial charge in [0.1, 0.15) is 5.75 Å². The Morgan fingerprint density at radius 3 is 2.94 bits per heavy atom. The number of nitrogens with one attached hydrogen (secondary N) is 1. The van der Waals surface area contributed by atoms with Crippen LogP contribution in [-0.2, 0) is 4.74 Å². The normalized spacial score (nSPS) is 12.2. The Morgan fingerprint density at radius 2 is 2.33 bits per heavy atom. The van der Waals surface area contributed by atoms with Gasteiger partial charge in [0.05, 0.1) is 18.2 Å². The van der Waals surface area contributed by atoms with Crippen LogP contribution in [0, 0.1) is 0 Å². The number of ether oxygens (including phenoxy) is 1. The quantitative estimate of drug-likeness (QED) is 0.785. The second kappa shape index (κ2) is 7.61. The van der Waals surface area contributed by atoms with E-state index in [2.05, 4.69) is 21.2 Å². The maximum absolute atomic E-state index is 12.0. The van der Waals surface area contributed by atoms with Gasteiger partial charge in [0, 0.05) is 17.5 Å². The van der Waals surface area contributed by atoms with Crippen molar-refractivity contribution in [1.29, 1.82) is 0 Å². The van der Waals surface area contributed by atoms with Gasteiger partial charge in [0.2, 0.25) is 0 Å². The number of halogens is 2. The van der Waals surface area contributed by atoms with Crippen LogP contribution in [0.5, 0.6) is 5.75 Å². The molecular weight excluding hydrogens is 321 g/mol. The first-order valence-corrected chi connectivity index (χ1v) is 6.75. The van der Waals surface area contributed by atoms with Crippen LogP contribution in [0.2, 0.25) is 0 Å². The van der Waals surface area contributed by atoms with Crippen LogP contribution >= 0.6 is 27.5 Å². The predicted molar refractivity (Wildman–Crippen MR) is 74.3 cm³/mol. The number of amides is 1. The van der Waals surface area contributed by atoms with Gasteiger partial charge in [0.15, 0.2) is 0 Å². The number of carbonyl (C=O) groups is 1. The highest BCUT2D eigenvalue weighted by Crippen LogP contribution is 2.21. The molecule has 4 nitrogen and oxygen atoms in total. The van der Waals surface area contributed by atoms with Crippen LogP contribution in [-0.4, -0.2) is 36.7 Å². The fraction of sp³-hybridized carbons (Fsp3) is 0.417. The third kappa shape index (κ3) is 4.48. The van der Waals surface area contributed by atoms with E-state index in [4.69, 9.17) is 16.3 Å². The lowest BCUT2D eigenvalue weighted by molar-refractivity contribution is 0.0892. The van der Waals surface area contributed by atoms with Crippen molar-refractivity contribution in [3.8, 4) is 5.75 Å². The van der Waals surface area contributed by atoms with Crippen molar-refractivity contribution in [3.05, 3.63) is 28.2 Å². The van der Waals surface area contributed by atoms with E-state index in [-0.39, 0.29) is 23.3 Å². The Hall–Kier alpha value is -0.780. The summed E-state index contributed by atoms with van der Waals surface area (Å²) in [6.45, 7) is 0.382. The highest BCUT2D eigenvalue weighted by molar-refractivity contribution is 9.10. The summed E-state index contributed by atoms with van der Waals surface area (Å²) in [6.07, 6.45) is 0.607. The fourth-order valence-electron chi connectivity index (χ4n) is 1.48. The fourth-order valence-corrected chi connectivity index (χ4v) is 2.11. The van der Waals surface area contributed by atoms with Crippen molar-refractivity contribution in [1.82, 2.24) is 5.32 Å². The third-order valence-corrected chi connectivity index (χ3v) is 3.08. The molecule has 0 saturated carbocycles. The van der Waals surface area contributed by atoms with E-state index in [9.17, 15) is 9.90 Å². The first-order chi connectivity index (χ1) is 8.58. The van der Waals surface area contributed by atoms with Crippen molar-refractivity contribution in [2.24, 2.45) is 0 Å². The average molecular weight is 337 g/mol. The third-order valence-electron chi connectivity index (χ3n) is 2.36. The minimum Gasteiger partial charge on any atom is -0.507 e. The van der Waals surface area contributed by atoms with Crippen molar-refractivity contribution in [3.63, 3.8) is 0 Å². The van der Waals surface area contributed by atoms with Crippen LogP contribution in [0.15, 0.2) is 22.7 Å². The zero-order valence-electron chi connectivity index (χ0n) is 9.95. The number of aromatic hydroxyl groups is 1. The number of phenols is 1. The van der Waals surface area contributed by atoms with E-state index in [1.165, 1.54) is 6.07 Å². The minimum atomic E-state index is -0.346. The van der Waals surface area contributed by atoms with Crippen molar-refractivity contribution >= 4 is 33.4 Å². The number of carbonyl (C=O) groups excluding carboxylic acids is 1. The smallest absolute Gasteiger partial charge is 0.255 e. The number of methoxy groups -OCH3 is 1. The molecule has 18 heavy (non-hydrogen) atoms. The van der Waals surface area contributed by atoms with Gasteiger partial charge >= 0.3 is 0 Å². The second-order valence-electron chi connectivity index (χ2n) is 3.76.